The molecule has 6 heteroatoms. The molecule has 0 fully saturated rings. The monoisotopic (exact) mass is 306 g/mol. The molecule has 0 amide bonds. The zero-order chi connectivity index (χ0) is 17.4. The van der Waals surface area contributed by atoms with E-state index in [-0.39, 0.29) is 5.57 Å². The first kappa shape index (κ1) is 21.7. The fourth-order valence-corrected chi connectivity index (χ4v) is 1.46. The second-order valence-electron chi connectivity index (χ2n) is 4.52. The molecule has 0 aliphatic heterocycles. The molecule has 0 heterocycles. The van der Waals surface area contributed by atoms with Crippen LogP contribution in [0.15, 0.2) is 23.8 Å². The van der Waals surface area contributed by atoms with Crippen molar-refractivity contribution >= 4 is 11.9 Å². The predicted molar refractivity (Wildman–Crippen MR) is 81.7 cm³/mol. The van der Waals surface area contributed by atoms with Crippen LogP contribution in [0.5, 0.6) is 0 Å². The van der Waals surface area contributed by atoms with E-state index in [1.54, 1.807) is 6.07 Å². The second-order valence-corrected chi connectivity index (χ2v) is 4.52. The molecule has 0 atom stereocenters. The largest absolute Gasteiger partial charge is 0.478 e. The van der Waals surface area contributed by atoms with E-state index in [2.05, 4.69) is 13.5 Å². The van der Waals surface area contributed by atoms with Crippen LogP contribution in [-0.2, 0) is 9.59 Å². The Morgan fingerprint density at radius 3 is 1.95 bits per heavy atom. The molecule has 0 rings (SSSR count). The van der Waals surface area contributed by atoms with E-state index in [4.69, 9.17) is 20.7 Å². The first-order chi connectivity index (χ1) is 10.4. The third-order valence-electron chi connectivity index (χ3n) is 2.71. The minimum atomic E-state index is -1.26. The van der Waals surface area contributed by atoms with Gasteiger partial charge in [0.15, 0.2) is 0 Å². The molecule has 0 aromatic carbocycles. The van der Waals surface area contributed by atoms with E-state index in [9.17, 15) is 9.59 Å². The number of allylic oxidation sites excluding steroid dienone is 1. The summed E-state index contributed by atoms with van der Waals surface area (Å²) in [7, 11) is 0. The van der Waals surface area contributed by atoms with Crippen molar-refractivity contribution in [1.29, 1.82) is 10.5 Å². The van der Waals surface area contributed by atoms with Gasteiger partial charge in [0.25, 0.3) is 0 Å². The van der Waals surface area contributed by atoms with Gasteiger partial charge >= 0.3 is 11.9 Å². The van der Waals surface area contributed by atoms with E-state index in [1.807, 2.05) is 0 Å². The number of nitrogens with zero attached hydrogens (tertiary/aromatic N) is 2. The number of aliphatic carboxylic acids is 2. The van der Waals surface area contributed by atoms with Crippen LogP contribution in [0.25, 0.3) is 0 Å². The minimum Gasteiger partial charge on any atom is -0.478 e. The first-order valence-electron chi connectivity index (χ1n) is 7.04. The number of carboxylic acid groups (broad SMARTS) is 2. The van der Waals surface area contributed by atoms with Gasteiger partial charge in [-0.1, -0.05) is 45.6 Å². The lowest BCUT2D eigenvalue weighted by Crippen LogP contribution is -2.00. The van der Waals surface area contributed by atoms with Crippen molar-refractivity contribution in [1.82, 2.24) is 0 Å². The van der Waals surface area contributed by atoms with Crippen LogP contribution in [0.1, 0.15) is 51.9 Å². The molecule has 2 N–H and O–H groups in total. The van der Waals surface area contributed by atoms with Crippen molar-refractivity contribution in [3.8, 4) is 12.1 Å². The lowest BCUT2D eigenvalue weighted by molar-refractivity contribution is -0.133. The highest BCUT2D eigenvalue weighted by Gasteiger charge is 2.05. The zero-order valence-electron chi connectivity index (χ0n) is 12.8. The number of hydrogen-bond donors (Lipinski definition) is 2. The topological polar surface area (TPSA) is 122 Å². The van der Waals surface area contributed by atoms with Crippen LogP contribution in [0, 0.1) is 22.7 Å². The Hall–Kier alpha value is -2.60. The summed E-state index contributed by atoms with van der Waals surface area (Å²) in [5.41, 5.74) is -0.201. The molecular formula is C16H22N2O4. The number of unbranched alkanes of at least 4 members (excludes halogenated alkanes) is 5. The maximum Gasteiger partial charge on any atom is 0.345 e. The molecule has 0 spiro atoms. The minimum absolute atomic E-state index is 0.230. The Kier molecular flexibility index (Phi) is 14.6. The van der Waals surface area contributed by atoms with Gasteiger partial charge < -0.3 is 10.2 Å². The zero-order valence-corrected chi connectivity index (χ0v) is 12.8. The second kappa shape index (κ2) is 14.8. The fourth-order valence-electron chi connectivity index (χ4n) is 1.46. The number of carboxylic acids is 2. The van der Waals surface area contributed by atoms with Crippen molar-refractivity contribution in [2.75, 3.05) is 0 Å². The normalized spacial score (nSPS) is 9.68. The van der Waals surface area contributed by atoms with Gasteiger partial charge in [-0.3, -0.25) is 0 Å². The summed E-state index contributed by atoms with van der Waals surface area (Å²) in [6, 6.07) is 3.14. The molecule has 120 valence electrons. The van der Waals surface area contributed by atoms with Crippen molar-refractivity contribution in [2.45, 2.75) is 51.9 Å². The summed E-state index contributed by atoms with van der Waals surface area (Å²) in [6.07, 6.45) is 8.41. The quantitative estimate of drug-likeness (QED) is 0.382. The van der Waals surface area contributed by atoms with Crippen LogP contribution >= 0.6 is 0 Å². The summed E-state index contributed by atoms with van der Waals surface area (Å²) in [5.74, 6) is -2.23. The maximum absolute atomic E-state index is 10.6. The van der Waals surface area contributed by atoms with Crippen molar-refractivity contribution in [3.05, 3.63) is 23.8 Å². The van der Waals surface area contributed by atoms with Gasteiger partial charge in [-0.05, 0) is 12.8 Å². The fraction of sp³-hybridized carbons (Fsp3) is 0.500. The molecule has 0 unspecified atom stereocenters. The molecule has 0 radical (unpaired) electrons. The first-order valence-corrected chi connectivity index (χ1v) is 7.04. The predicted octanol–water partition coefficient (Wildman–Crippen LogP) is 3.42. The van der Waals surface area contributed by atoms with Gasteiger partial charge in [-0.15, -0.1) is 0 Å². The highest BCUT2D eigenvalue weighted by molar-refractivity contribution is 5.90. The maximum atomic E-state index is 10.6. The van der Waals surface area contributed by atoms with Crippen molar-refractivity contribution < 1.29 is 19.8 Å². The molecule has 0 aliphatic rings. The Labute approximate surface area is 131 Å². The number of nitriles is 2. The van der Waals surface area contributed by atoms with E-state index in [0.29, 0.717) is 6.42 Å². The van der Waals surface area contributed by atoms with Crippen LogP contribution in [0.2, 0.25) is 0 Å². The van der Waals surface area contributed by atoms with Gasteiger partial charge in [0.2, 0.25) is 0 Å². The summed E-state index contributed by atoms with van der Waals surface area (Å²) in [5, 5.41) is 32.7. The van der Waals surface area contributed by atoms with Crippen LogP contribution in [-0.4, -0.2) is 22.2 Å². The summed E-state index contributed by atoms with van der Waals surface area (Å²) in [6.45, 7) is 5.08. The SMILES string of the molecule is C=C(C#N)C(=O)O.CCCCCCCC/C(=C/C#N)C(=O)O. The third-order valence-corrected chi connectivity index (χ3v) is 2.71. The van der Waals surface area contributed by atoms with E-state index in [1.165, 1.54) is 25.3 Å². The van der Waals surface area contributed by atoms with Crippen LogP contribution in [0.4, 0.5) is 0 Å². The van der Waals surface area contributed by atoms with Gasteiger partial charge in [-0.2, -0.15) is 10.5 Å². The highest BCUT2D eigenvalue weighted by atomic mass is 16.4. The van der Waals surface area contributed by atoms with Gasteiger partial charge in [-0.25, -0.2) is 9.59 Å². The third kappa shape index (κ3) is 13.8. The summed E-state index contributed by atoms with van der Waals surface area (Å²) in [4.78, 5) is 20.2. The van der Waals surface area contributed by atoms with Crippen LogP contribution < -0.4 is 0 Å². The molecule has 0 bridgehead atoms. The van der Waals surface area contributed by atoms with E-state index >= 15 is 0 Å². The number of carbonyl (C=O) groups is 2. The molecule has 6 nitrogen and oxygen atoms in total. The van der Waals surface area contributed by atoms with Crippen molar-refractivity contribution in [3.63, 3.8) is 0 Å². The van der Waals surface area contributed by atoms with E-state index < -0.39 is 17.5 Å². The molecule has 0 aromatic heterocycles. The smallest absolute Gasteiger partial charge is 0.345 e. The lowest BCUT2D eigenvalue weighted by atomic mass is 10.1. The molecule has 0 saturated carbocycles. The molecular weight excluding hydrogens is 284 g/mol. The lowest BCUT2D eigenvalue weighted by Gasteiger charge is -2.01. The Balaban J connectivity index is 0. The van der Waals surface area contributed by atoms with Crippen molar-refractivity contribution in [2.24, 2.45) is 0 Å². The van der Waals surface area contributed by atoms with Gasteiger partial charge in [0.1, 0.15) is 11.6 Å². The Bertz CT molecular complexity index is 481. The summed E-state index contributed by atoms with van der Waals surface area (Å²) < 4.78 is 0. The van der Waals surface area contributed by atoms with Crippen LogP contribution in [0.3, 0.4) is 0 Å². The Morgan fingerprint density at radius 2 is 1.59 bits per heavy atom. The average molecular weight is 306 g/mol. The number of hydrogen-bond acceptors (Lipinski definition) is 4. The number of rotatable bonds is 9. The Morgan fingerprint density at radius 1 is 1.05 bits per heavy atom. The van der Waals surface area contributed by atoms with Gasteiger partial charge in [0.05, 0.1) is 6.07 Å². The van der Waals surface area contributed by atoms with E-state index in [0.717, 1.165) is 25.3 Å². The standard InChI is InChI=1S/C12H19NO2.C4H3NO2/c1-2-3-4-5-6-7-8-11(9-10-13)12(14)15;1-3(2-5)4(6)7/h9H,2-8H2,1H3,(H,14,15);1H2,(H,6,7)/b11-9-;. The molecule has 0 saturated heterocycles. The molecule has 0 aromatic rings. The van der Waals surface area contributed by atoms with Gasteiger partial charge in [0, 0.05) is 11.6 Å². The highest BCUT2D eigenvalue weighted by Crippen LogP contribution is 2.11. The average Bonchev–Trinajstić information content (AvgIpc) is 2.49. The molecule has 0 aliphatic carbocycles. The molecule has 22 heavy (non-hydrogen) atoms. The summed E-state index contributed by atoms with van der Waals surface area (Å²) >= 11 is 0.